The molecule has 17 heavy (non-hydrogen) atoms. The molecule has 1 aromatic rings. The van der Waals surface area contributed by atoms with Crippen molar-refractivity contribution in [3.63, 3.8) is 0 Å². The van der Waals surface area contributed by atoms with Gasteiger partial charge >= 0.3 is 0 Å². The zero-order valence-electron chi connectivity index (χ0n) is 10.8. The van der Waals surface area contributed by atoms with Crippen molar-refractivity contribution in [2.24, 2.45) is 5.41 Å². The standard InChI is InChI=1S/C15H23NO/c1-12(13-6-4-3-5-7-13)16-14(11-17)10-15(2)8-9-15/h3-7,12,14,16-17H,8-11H2,1-2H3/t12-,14-/m1/s1. The van der Waals surface area contributed by atoms with Crippen LogP contribution < -0.4 is 5.32 Å². The Morgan fingerprint density at radius 1 is 1.29 bits per heavy atom. The van der Waals surface area contributed by atoms with Gasteiger partial charge in [-0.1, -0.05) is 37.3 Å². The summed E-state index contributed by atoms with van der Waals surface area (Å²) in [6, 6.07) is 10.9. The van der Waals surface area contributed by atoms with Crippen LogP contribution in [-0.2, 0) is 0 Å². The number of aliphatic hydroxyl groups is 1. The number of nitrogens with one attached hydrogen (secondary N) is 1. The van der Waals surface area contributed by atoms with Gasteiger partial charge in [0, 0.05) is 12.1 Å². The van der Waals surface area contributed by atoms with Crippen LogP contribution in [0.15, 0.2) is 30.3 Å². The van der Waals surface area contributed by atoms with E-state index in [1.807, 2.05) is 6.07 Å². The zero-order valence-corrected chi connectivity index (χ0v) is 10.8. The molecule has 2 N–H and O–H groups in total. The molecule has 0 spiro atoms. The largest absolute Gasteiger partial charge is 0.395 e. The minimum Gasteiger partial charge on any atom is -0.395 e. The molecular formula is C15H23NO. The Bertz CT molecular complexity index is 345. The Morgan fingerprint density at radius 3 is 2.47 bits per heavy atom. The molecule has 2 atom stereocenters. The summed E-state index contributed by atoms with van der Waals surface area (Å²) < 4.78 is 0. The van der Waals surface area contributed by atoms with Crippen LogP contribution in [0.2, 0.25) is 0 Å². The first kappa shape index (κ1) is 12.6. The van der Waals surface area contributed by atoms with Crippen LogP contribution >= 0.6 is 0 Å². The van der Waals surface area contributed by atoms with Gasteiger partial charge in [-0.05, 0) is 37.2 Å². The van der Waals surface area contributed by atoms with E-state index in [1.54, 1.807) is 0 Å². The summed E-state index contributed by atoms with van der Waals surface area (Å²) >= 11 is 0. The number of hydrogen-bond donors (Lipinski definition) is 2. The van der Waals surface area contributed by atoms with Gasteiger partial charge in [0.15, 0.2) is 0 Å². The van der Waals surface area contributed by atoms with Crippen LogP contribution in [0.5, 0.6) is 0 Å². The van der Waals surface area contributed by atoms with Crippen LogP contribution in [0.25, 0.3) is 0 Å². The van der Waals surface area contributed by atoms with Crippen molar-refractivity contribution < 1.29 is 5.11 Å². The molecule has 1 aromatic carbocycles. The highest BCUT2D eigenvalue weighted by atomic mass is 16.3. The molecule has 94 valence electrons. The molecule has 0 saturated heterocycles. The van der Waals surface area contributed by atoms with Gasteiger partial charge in [-0.15, -0.1) is 0 Å². The summed E-state index contributed by atoms with van der Waals surface area (Å²) in [7, 11) is 0. The van der Waals surface area contributed by atoms with E-state index in [-0.39, 0.29) is 12.6 Å². The number of benzene rings is 1. The molecular weight excluding hydrogens is 210 g/mol. The van der Waals surface area contributed by atoms with Crippen molar-refractivity contribution in [3.8, 4) is 0 Å². The SMILES string of the molecule is C[C@@H](N[C@@H](CO)CC1(C)CC1)c1ccccc1. The first-order valence-corrected chi connectivity index (χ1v) is 6.55. The van der Waals surface area contributed by atoms with E-state index in [0.717, 1.165) is 6.42 Å². The quantitative estimate of drug-likeness (QED) is 0.792. The second kappa shape index (κ2) is 5.19. The average molecular weight is 233 g/mol. The van der Waals surface area contributed by atoms with E-state index in [2.05, 4.69) is 43.4 Å². The minimum atomic E-state index is 0.220. The minimum absolute atomic E-state index is 0.220. The van der Waals surface area contributed by atoms with Gasteiger partial charge in [0.2, 0.25) is 0 Å². The van der Waals surface area contributed by atoms with E-state index in [4.69, 9.17) is 0 Å². The molecule has 1 fully saturated rings. The molecule has 0 aliphatic heterocycles. The second-order valence-corrected chi connectivity index (χ2v) is 5.69. The Labute approximate surface area is 104 Å². The maximum Gasteiger partial charge on any atom is 0.0585 e. The van der Waals surface area contributed by atoms with Gasteiger partial charge in [0.25, 0.3) is 0 Å². The summed E-state index contributed by atoms with van der Waals surface area (Å²) in [5, 5.41) is 13.0. The zero-order chi connectivity index (χ0) is 12.3. The van der Waals surface area contributed by atoms with Gasteiger partial charge in [0.05, 0.1) is 6.61 Å². The van der Waals surface area contributed by atoms with E-state index in [0.29, 0.717) is 11.5 Å². The Kier molecular flexibility index (Phi) is 3.85. The van der Waals surface area contributed by atoms with Crippen molar-refractivity contribution in [3.05, 3.63) is 35.9 Å². The van der Waals surface area contributed by atoms with Gasteiger partial charge in [-0.2, -0.15) is 0 Å². The van der Waals surface area contributed by atoms with Gasteiger partial charge in [-0.25, -0.2) is 0 Å². The van der Waals surface area contributed by atoms with Crippen molar-refractivity contribution in [2.75, 3.05) is 6.61 Å². The second-order valence-electron chi connectivity index (χ2n) is 5.69. The van der Waals surface area contributed by atoms with E-state index < -0.39 is 0 Å². The third kappa shape index (κ3) is 3.55. The molecule has 0 radical (unpaired) electrons. The van der Waals surface area contributed by atoms with Gasteiger partial charge in [0.1, 0.15) is 0 Å². The lowest BCUT2D eigenvalue weighted by atomic mass is 9.98. The molecule has 2 nitrogen and oxygen atoms in total. The summed E-state index contributed by atoms with van der Waals surface area (Å²) in [6.07, 6.45) is 3.70. The van der Waals surface area contributed by atoms with Crippen LogP contribution in [0.4, 0.5) is 0 Å². The van der Waals surface area contributed by atoms with Gasteiger partial charge < -0.3 is 10.4 Å². The average Bonchev–Trinajstić information content (AvgIpc) is 3.07. The molecule has 1 saturated carbocycles. The molecule has 1 aliphatic rings. The normalized spacial score (nSPS) is 20.9. The molecule has 1 aliphatic carbocycles. The summed E-state index contributed by atoms with van der Waals surface area (Å²) in [5.41, 5.74) is 1.77. The molecule has 0 unspecified atom stereocenters. The lowest BCUT2D eigenvalue weighted by molar-refractivity contribution is 0.208. The molecule has 2 rings (SSSR count). The Balaban J connectivity index is 1.89. The van der Waals surface area contributed by atoms with Crippen molar-refractivity contribution >= 4 is 0 Å². The monoisotopic (exact) mass is 233 g/mol. The summed E-state index contributed by atoms with van der Waals surface area (Å²) in [4.78, 5) is 0. The topological polar surface area (TPSA) is 32.3 Å². The predicted octanol–water partition coefficient (Wildman–Crippen LogP) is 2.89. The smallest absolute Gasteiger partial charge is 0.0585 e. The van der Waals surface area contributed by atoms with E-state index >= 15 is 0 Å². The number of aliphatic hydroxyl groups excluding tert-OH is 1. The third-order valence-corrected chi connectivity index (χ3v) is 3.85. The maximum absolute atomic E-state index is 9.45. The van der Waals surface area contributed by atoms with Crippen LogP contribution in [0.1, 0.15) is 44.7 Å². The molecule has 0 bridgehead atoms. The van der Waals surface area contributed by atoms with Crippen LogP contribution in [0, 0.1) is 5.41 Å². The van der Waals surface area contributed by atoms with Crippen molar-refractivity contribution in [1.29, 1.82) is 0 Å². The van der Waals surface area contributed by atoms with E-state index in [1.165, 1.54) is 18.4 Å². The van der Waals surface area contributed by atoms with E-state index in [9.17, 15) is 5.11 Å². The van der Waals surface area contributed by atoms with Crippen LogP contribution in [0.3, 0.4) is 0 Å². The van der Waals surface area contributed by atoms with Crippen molar-refractivity contribution in [2.45, 2.75) is 45.2 Å². The lowest BCUT2D eigenvalue weighted by Crippen LogP contribution is -2.36. The van der Waals surface area contributed by atoms with Gasteiger partial charge in [-0.3, -0.25) is 0 Å². The molecule has 2 heteroatoms. The first-order valence-electron chi connectivity index (χ1n) is 6.55. The highest BCUT2D eigenvalue weighted by Crippen LogP contribution is 2.48. The summed E-state index contributed by atoms with van der Waals surface area (Å²) in [5.74, 6) is 0. The highest BCUT2D eigenvalue weighted by Gasteiger charge is 2.39. The highest BCUT2D eigenvalue weighted by molar-refractivity contribution is 5.18. The fourth-order valence-electron chi connectivity index (χ4n) is 2.38. The first-order chi connectivity index (χ1) is 8.13. The maximum atomic E-state index is 9.45. The van der Waals surface area contributed by atoms with Crippen molar-refractivity contribution in [1.82, 2.24) is 5.32 Å². The fourth-order valence-corrected chi connectivity index (χ4v) is 2.38. The molecule has 0 aromatic heterocycles. The predicted molar refractivity (Wildman–Crippen MR) is 70.8 cm³/mol. The Morgan fingerprint density at radius 2 is 1.94 bits per heavy atom. The van der Waals surface area contributed by atoms with Crippen LogP contribution in [-0.4, -0.2) is 17.8 Å². The lowest BCUT2D eigenvalue weighted by Gasteiger charge is -2.24. The fraction of sp³-hybridized carbons (Fsp3) is 0.600. The number of rotatable bonds is 6. The molecule has 0 heterocycles. The summed E-state index contributed by atoms with van der Waals surface area (Å²) in [6.45, 7) is 4.70. The number of hydrogen-bond acceptors (Lipinski definition) is 2. The third-order valence-electron chi connectivity index (χ3n) is 3.85. The molecule has 0 amide bonds. The Hall–Kier alpha value is -0.860.